The van der Waals surface area contributed by atoms with Gasteiger partial charge in [-0.05, 0) is 17.7 Å². The summed E-state index contributed by atoms with van der Waals surface area (Å²) in [6, 6.07) is 3.25. The number of benzene rings is 1. The number of carbonyl (C=O) groups excluding carboxylic acids is 2. The highest BCUT2D eigenvalue weighted by molar-refractivity contribution is 7.99. The lowest BCUT2D eigenvalue weighted by molar-refractivity contribution is -0.117. The largest absolute Gasteiger partial charge is 0.325 e. The predicted octanol–water partition coefficient (Wildman–Crippen LogP) is 1.48. The molecule has 0 spiro atoms. The summed E-state index contributed by atoms with van der Waals surface area (Å²) in [6.45, 7) is 0.832. The summed E-state index contributed by atoms with van der Waals surface area (Å²) in [5, 5.41) is 9.18. The normalized spacial score (nSPS) is 21.2. The lowest BCUT2D eigenvalue weighted by Crippen LogP contribution is -2.46. The average Bonchev–Trinajstić information content (AvgIpc) is 2.79. The highest BCUT2D eigenvalue weighted by Crippen LogP contribution is 2.33. The van der Waals surface area contributed by atoms with Crippen LogP contribution in [0, 0.1) is 0 Å². The zero-order chi connectivity index (χ0) is 14.1. The van der Waals surface area contributed by atoms with Crippen LogP contribution in [-0.4, -0.2) is 35.9 Å². The van der Waals surface area contributed by atoms with Crippen LogP contribution in [0.5, 0.6) is 0 Å². The molecule has 2 aliphatic heterocycles. The van der Waals surface area contributed by atoms with Crippen molar-refractivity contribution >= 4 is 46.6 Å². The van der Waals surface area contributed by atoms with Crippen LogP contribution < -0.4 is 16.0 Å². The summed E-state index contributed by atoms with van der Waals surface area (Å²) < 4.78 is 0. The van der Waals surface area contributed by atoms with Gasteiger partial charge >= 0.3 is 0 Å². The maximum Gasteiger partial charge on any atom is 0.242 e. The smallest absolute Gasteiger partial charge is 0.242 e. The Morgan fingerprint density at radius 3 is 3.05 bits per heavy atom. The molecule has 1 saturated heterocycles. The number of rotatable bonds is 2. The Labute approximate surface area is 125 Å². The van der Waals surface area contributed by atoms with Gasteiger partial charge in [0.2, 0.25) is 11.8 Å². The fraction of sp³-hybridized carbons (Fsp3) is 0.385. The second-order valence-corrected chi connectivity index (χ2v) is 6.34. The van der Waals surface area contributed by atoms with Crippen LogP contribution in [0.2, 0.25) is 5.02 Å². The Morgan fingerprint density at radius 1 is 1.45 bits per heavy atom. The standard InChI is InChI=1S/C13H14ClN3O2S/c14-8-5-9-7(4-12(18)16-9)3-10(8)17-13(19)11-6-20-2-1-15-11/h3,5,11,15H,1-2,4,6H2,(H,16,18)(H,17,19). The minimum absolute atomic E-state index is 0.0510. The fourth-order valence-corrected chi connectivity index (χ4v) is 3.44. The average molecular weight is 312 g/mol. The van der Waals surface area contributed by atoms with Gasteiger partial charge in [-0.2, -0.15) is 11.8 Å². The second kappa shape index (κ2) is 5.63. The maximum atomic E-state index is 12.2. The van der Waals surface area contributed by atoms with Crippen LogP contribution in [0.4, 0.5) is 11.4 Å². The van der Waals surface area contributed by atoms with E-state index in [0.29, 0.717) is 17.1 Å². The van der Waals surface area contributed by atoms with E-state index in [2.05, 4.69) is 16.0 Å². The van der Waals surface area contributed by atoms with Crippen LogP contribution in [-0.2, 0) is 16.0 Å². The molecule has 0 aliphatic carbocycles. The molecule has 1 unspecified atom stereocenters. The van der Waals surface area contributed by atoms with E-state index >= 15 is 0 Å². The van der Waals surface area contributed by atoms with Crippen LogP contribution >= 0.6 is 23.4 Å². The number of carbonyl (C=O) groups is 2. The Kier molecular flexibility index (Phi) is 3.87. The molecule has 0 radical (unpaired) electrons. The maximum absolute atomic E-state index is 12.2. The molecule has 3 N–H and O–H groups in total. The van der Waals surface area contributed by atoms with Crippen LogP contribution in [0.1, 0.15) is 5.56 Å². The third kappa shape index (κ3) is 2.77. The first-order valence-corrected chi connectivity index (χ1v) is 7.91. The molecular weight excluding hydrogens is 298 g/mol. The van der Waals surface area contributed by atoms with Crippen molar-refractivity contribution < 1.29 is 9.59 Å². The van der Waals surface area contributed by atoms with Crippen molar-refractivity contribution in [2.75, 3.05) is 28.7 Å². The van der Waals surface area contributed by atoms with Gasteiger partial charge in [0, 0.05) is 23.7 Å². The Hall–Kier alpha value is -1.24. The molecule has 0 bridgehead atoms. The summed E-state index contributed by atoms with van der Waals surface area (Å²) >= 11 is 7.90. The van der Waals surface area contributed by atoms with Crippen LogP contribution in [0.15, 0.2) is 12.1 Å². The van der Waals surface area contributed by atoms with Crippen LogP contribution in [0.3, 0.4) is 0 Å². The zero-order valence-electron chi connectivity index (χ0n) is 10.7. The first kappa shape index (κ1) is 13.7. The summed E-state index contributed by atoms with van der Waals surface area (Å²) in [7, 11) is 0. The van der Waals surface area contributed by atoms with Gasteiger partial charge in [-0.15, -0.1) is 0 Å². The second-order valence-electron chi connectivity index (χ2n) is 4.79. The van der Waals surface area contributed by atoms with Crippen molar-refractivity contribution in [3.63, 3.8) is 0 Å². The van der Waals surface area contributed by atoms with Crippen LogP contribution in [0.25, 0.3) is 0 Å². The molecule has 2 amide bonds. The van der Waals surface area contributed by atoms with E-state index in [9.17, 15) is 9.59 Å². The summed E-state index contributed by atoms with van der Waals surface area (Å²) in [5.74, 6) is 1.65. The minimum Gasteiger partial charge on any atom is -0.325 e. The van der Waals surface area contributed by atoms with Gasteiger partial charge in [0.1, 0.15) is 0 Å². The molecule has 0 aromatic heterocycles. The number of thioether (sulfide) groups is 1. The number of hydrogen-bond acceptors (Lipinski definition) is 4. The van der Waals surface area contributed by atoms with E-state index in [4.69, 9.17) is 11.6 Å². The summed E-state index contributed by atoms with van der Waals surface area (Å²) in [4.78, 5) is 23.5. The molecule has 106 valence electrons. The van der Waals surface area contributed by atoms with Gasteiger partial charge in [-0.25, -0.2) is 0 Å². The van der Waals surface area contributed by atoms with Crippen molar-refractivity contribution in [3.8, 4) is 0 Å². The number of anilines is 2. The molecular formula is C13H14ClN3O2S. The van der Waals surface area contributed by atoms with Gasteiger partial charge in [0.15, 0.2) is 0 Å². The lowest BCUT2D eigenvalue weighted by atomic mass is 10.1. The quantitative estimate of drug-likeness (QED) is 0.774. The molecule has 2 aliphatic rings. The minimum atomic E-state index is -0.196. The topological polar surface area (TPSA) is 70.2 Å². The summed E-state index contributed by atoms with van der Waals surface area (Å²) in [5.41, 5.74) is 2.15. The van der Waals surface area contributed by atoms with Crippen molar-refractivity contribution in [2.24, 2.45) is 0 Å². The molecule has 1 aromatic carbocycles. The number of fused-ring (bicyclic) bond motifs is 1. The highest BCUT2D eigenvalue weighted by Gasteiger charge is 2.24. The van der Waals surface area contributed by atoms with E-state index in [-0.39, 0.29) is 17.9 Å². The first-order chi connectivity index (χ1) is 9.63. The fourth-order valence-electron chi connectivity index (χ4n) is 2.30. The molecule has 1 atom stereocenters. The first-order valence-electron chi connectivity index (χ1n) is 6.38. The van der Waals surface area contributed by atoms with Gasteiger partial charge in [-0.3, -0.25) is 9.59 Å². The molecule has 20 heavy (non-hydrogen) atoms. The Morgan fingerprint density at radius 2 is 2.30 bits per heavy atom. The Bertz CT molecular complexity index is 573. The van der Waals surface area contributed by atoms with Crippen molar-refractivity contribution in [1.29, 1.82) is 0 Å². The predicted molar refractivity (Wildman–Crippen MR) is 81.5 cm³/mol. The van der Waals surface area contributed by atoms with E-state index in [1.165, 1.54) is 0 Å². The van der Waals surface area contributed by atoms with Gasteiger partial charge < -0.3 is 16.0 Å². The van der Waals surface area contributed by atoms with Crippen molar-refractivity contribution in [3.05, 3.63) is 22.7 Å². The molecule has 3 rings (SSSR count). The molecule has 2 heterocycles. The molecule has 7 heteroatoms. The molecule has 0 saturated carbocycles. The number of amides is 2. The lowest BCUT2D eigenvalue weighted by Gasteiger charge is -2.22. The monoisotopic (exact) mass is 311 g/mol. The zero-order valence-corrected chi connectivity index (χ0v) is 12.2. The van der Waals surface area contributed by atoms with Crippen molar-refractivity contribution in [2.45, 2.75) is 12.5 Å². The van der Waals surface area contributed by atoms with E-state index in [1.54, 1.807) is 23.9 Å². The van der Waals surface area contributed by atoms with Gasteiger partial charge in [0.05, 0.1) is 23.2 Å². The third-order valence-electron chi connectivity index (χ3n) is 3.31. The highest BCUT2D eigenvalue weighted by atomic mass is 35.5. The SMILES string of the molecule is O=C1Cc2cc(NC(=O)C3CSCCN3)c(Cl)cc2N1. The van der Waals surface area contributed by atoms with Gasteiger partial charge in [0.25, 0.3) is 0 Å². The summed E-state index contributed by atoms with van der Waals surface area (Å²) in [6.07, 6.45) is 0.326. The number of hydrogen-bond donors (Lipinski definition) is 3. The number of nitrogens with one attached hydrogen (secondary N) is 3. The van der Waals surface area contributed by atoms with E-state index < -0.39 is 0 Å². The third-order valence-corrected chi connectivity index (χ3v) is 4.69. The van der Waals surface area contributed by atoms with Gasteiger partial charge in [-0.1, -0.05) is 11.6 Å². The van der Waals surface area contributed by atoms with E-state index in [0.717, 1.165) is 29.3 Å². The molecule has 5 nitrogen and oxygen atoms in total. The number of halogens is 1. The Balaban J connectivity index is 1.76. The van der Waals surface area contributed by atoms with Crippen molar-refractivity contribution in [1.82, 2.24) is 5.32 Å². The molecule has 1 aromatic rings. The molecule has 1 fully saturated rings. The van der Waals surface area contributed by atoms with E-state index in [1.807, 2.05) is 0 Å².